The molecule has 162 valence electrons. The molecule has 0 unspecified atom stereocenters. The molecule has 0 bridgehead atoms. The molecule has 1 aliphatic rings. The molecule has 0 spiro atoms. The van der Waals surface area contributed by atoms with E-state index in [9.17, 15) is 9.59 Å². The first-order chi connectivity index (χ1) is 15.1. The highest BCUT2D eigenvalue weighted by Gasteiger charge is 2.38. The molecule has 2 aromatic heterocycles. The fourth-order valence-corrected chi connectivity index (χ4v) is 4.63. The van der Waals surface area contributed by atoms with E-state index in [0.717, 1.165) is 28.1 Å². The highest BCUT2D eigenvalue weighted by atomic mass is 32.1. The van der Waals surface area contributed by atoms with Gasteiger partial charge in [0.2, 0.25) is 11.8 Å². The van der Waals surface area contributed by atoms with Gasteiger partial charge in [0, 0.05) is 25.4 Å². The van der Waals surface area contributed by atoms with Crippen molar-refractivity contribution in [1.82, 2.24) is 20.4 Å². The topological polar surface area (TPSA) is 88.3 Å². The van der Waals surface area contributed by atoms with Gasteiger partial charge in [-0.25, -0.2) is 0 Å². The standard InChI is InChI=1S/C23H26N4O3S/c1-3-18(20-11-15(2)26-30-20)23(29)27-10-4-5-19(27)22(28)25-12-16-6-8-17(9-7-16)21-13-24-14-31-21/h6-9,11,13-14,18-19H,3-5,10,12H2,1-2H3,(H,25,28)/t18-,19+/m1/s1. The number of carbonyl (C=O) groups excluding carboxylic acids is 2. The summed E-state index contributed by atoms with van der Waals surface area (Å²) in [4.78, 5) is 33.0. The van der Waals surface area contributed by atoms with E-state index in [4.69, 9.17) is 4.52 Å². The minimum absolute atomic E-state index is 0.0646. The Morgan fingerprint density at radius 3 is 2.77 bits per heavy atom. The Morgan fingerprint density at radius 1 is 1.32 bits per heavy atom. The summed E-state index contributed by atoms with van der Waals surface area (Å²) in [5, 5.41) is 6.91. The molecule has 2 amide bonds. The van der Waals surface area contributed by atoms with Crippen LogP contribution in [0.4, 0.5) is 0 Å². The second kappa shape index (κ2) is 9.43. The van der Waals surface area contributed by atoms with Crippen LogP contribution in [-0.2, 0) is 16.1 Å². The Labute approximate surface area is 185 Å². The first-order valence-electron chi connectivity index (χ1n) is 10.6. The number of carbonyl (C=O) groups is 2. The lowest BCUT2D eigenvalue weighted by Gasteiger charge is -2.27. The number of benzene rings is 1. The second-order valence-electron chi connectivity index (χ2n) is 7.80. The van der Waals surface area contributed by atoms with E-state index in [1.807, 2.05) is 49.8 Å². The third-order valence-corrected chi connectivity index (χ3v) is 6.49. The van der Waals surface area contributed by atoms with E-state index in [1.54, 1.807) is 22.3 Å². The molecule has 0 saturated carbocycles. The molecule has 1 N–H and O–H groups in total. The number of hydrogen-bond donors (Lipinski definition) is 1. The lowest BCUT2D eigenvalue weighted by atomic mass is 10.0. The zero-order chi connectivity index (χ0) is 21.8. The van der Waals surface area contributed by atoms with Crippen LogP contribution in [0.15, 0.2) is 46.6 Å². The van der Waals surface area contributed by atoms with Crippen molar-refractivity contribution in [3.05, 3.63) is 59.1 Å². The van der Waals surface area contributed by atoms with Gasteiger partial charge in [-0.3, -0.25) is 14.6 Å². The van der Waals surface area contributed by atoms with Gasteiger partial charge in [0.15, 0.2) is 0 Å². The molecule has 1 fully saturated rings. The van der Waals surface area contributed by atoms with Crippen LogP contribution in [0.5, 0.6) is 0 Å². The van der Waals surface area contributed by atoms with E-state index >= 15 is 0 Å². The zero-order valence-corrected chi connectivity index (χ0v) is 18.5. The lowest BCUT2D eigenvalue weighted by molar-refractivity contribution is -0.140. The summed E-state index contributed by atoms with van der Waals surface area (Å²) in [7, 11) is 0. The summed E-state index contributed by atoms with van der Waals surface area (Å²) in [6.07, 6.45) is 3.94. The summed E-state index contributed by atoms with van der Waals surface area (Å²) in [5.41, 5.74) is 4.68. The highest BCUT2D eigenvalue weighted by molar-refractivity contribution is 7.13. The van der Waals surface area contributed by atoms with Crippen molar-refractivity contribution in [2.75, 3.05) is 6.54 Å². The van der Waals surface area contributed by atoms with Gasteiger partial charge in [-0.15, -0.1) is 11.3 Å². The molecule has 7 nitrogen and oxygen atoms in total. The van der Waals surface area contributed by atoms with Crippen molar-refractivity contribution >= 4 is 23.2 Å². The van der Waals surface area contributed by atoms with Crippen LogP contribution in [-0.4, -0.2) is 39.4 Å². The Bertz CT molecular complexity index is 1030. The van der Waals surface area contributed by atoms with E-state index < -0.39 is 12.0 Å². The number of hydrogen-bond acceptors (Lipinski definition) is 6. The number of rotatable bonds is 7. The third-order valence-electron chi connectivity index (χ3n) is 5.67. The molecule has 0 aliphatic carbocycles. The predicted molar refractivity (Wildman–Crippen MR) is 118 cm³/mol. The number of nitrogens with one attached hydrogen (secondary N) is 1. The fourth-order valence-electron chi connectivity index (χ4n) is 4.00. The van der Waals surface area contributed by atoms with Crippen LogP contribution in [0, 0.1) is 6.92 Å². The first-order valence-corrected chi connectivity index (χ1v) is 11.4. The van der Waals surface area contributed by atoms with Crippen LogP contribution >= 0.6 is 11.3 Å². The number of aryl methyl sites for hydroxylation is 1. The van der Waals surface area contributed by atoms with Crippen molar-refractivity contribution in [3.8, 4) is 10.4 Å². The largest absolute Gasteiger partial charge is 0.360 e. The van der Waals surface area contributed by atoms with Gasteiger partial charge in [-0.2, -0.15) is 0 Å². The minimum Gasteiger partial charge on any atom is -0.360 e. The molecule has 1 aromatic carbocycles. The van der Waals surface area contributed by atoms with Crippen molar-refractivity contribution in [2.24, 2.45) is 0 Å². The predicted octanol–water partition coefficient (Wildman–Crippen LogP) is 3.91. The van der Waals surface area contributed by atoms with Crippen LogP contribution in [0.3, 0.4) is 0 Å². The quantitative estimate of drug-likeness (QED) is 0.604. The molecule has 2 atom stereocenters. The average Bonchev–Trinajstić information content (AvgIpc) is 3.55. The normalized spacial score (nSPS) is 17.0. The molecule has 1 aliphatic heterocycles. The van der Waals surface area contributed by atoms with Gasteiger partial charge in [0.05, 0.1) is 22.0 Å². The van der Waals surface area contributed by atoms with Crippen molar-refractivity contribution in [3.63, 3.8) is 0 Å². The fraction of sp³-hybridized carbons (Fsp3) is 0.391. The Kier molecular flexibility index (Phi) is 6.46. The maximum atomic E-state index is 13.2. The van der Waals surface area contributed by atoms with Gasteiger partial charge in [0.25, 0.3) is 0 Å². The van der Waals surface area contributed by atoms with Crippen molar-refractivity contribution in [2.45, 2.75) is 51.6 Å². The van der Waals surface area contributed by atoms with E-state index in [1.165, 1.54) is 0 Å². The monoisotopic (exact) mass is 438 g/mol. The van der Waals surface area contributed by atoms with Crippen LogP contribution in [0.2, 0.25) is 0 Å². The molecule has 3 aromatic rings. The first kappa shape index (κ1) is 21.2. The molecule has 1 saturated heterocycles. The average molecular weight is 439 g/mol. The number of likely N-dealkylation sites (tertiary alicyclic amines) is 1. The summed E-state index contributed by atoms with van der Waals surface area (Å²) < 4.78 is 5.33. The number of nitrogens with zero attached hydrogens (tertiary/aromatic N) is 3. The summed E-state index contributed by atoms with van der Waals surface area (Å²) in [6.45, 7) is 4.80. The number of aromatic nitrogens is 2. The molecular formula is C23H26N4O3S. The van der Waals surface area contributed by atoms with Crippen molar-refractivity contribution in [1.29, 1.82) is 0 Å². The lowest BCUT2D eigenvalue weighted by Crippen LogP contribution is -2.47. The maximum Gasteiger partial charge on any atom is 0.243 e. The zero-order valence-electron chi connectivity index (χ0n) is 17.7. The van der Waals surface area contributed by atoms with E-state index in [0.29, 0.717) is 31.7 Å². The molecule has 0 radical (unpaired) electrons. The van der Waals surface area contributed by atoms with Gasteiger partial charge in [-0.1, -0.05) is 36.3 Å². The minimum atomic E-state index is -0.443. The van der Waals surface area contributed by atoms with Crippen LogP contribution in [0.1, 0.15) is 49.1 Å². The van der Waals surface area contributed by atoms with Crippen LogP contribution < -0.4 is 5.32 Å². The maximum absolute atomic E-state index is 13.2. The molecule has 31 heavy (non-hydrogen) atoms. The van der Waals surface area contributed by atoms with Gasteiger partial charge < -0.3 is 14.7 Å². The molecule has 4 rings (SSSR count). The van der Waals surface area contributed by atoms with Gasteiger partial charge in [-0.05, 0) is 37.3 Å². The Hall–Kier alpha value is -3.00. The Balaban J connectivity index is 1.38. The molecular weight excluding hydrogens is 412 g/mol. The third kappa shape index (κ3) is 4.69. The Morgan fingerprint density at radius 2 is 2.13 bits per heavy atom. The summed E-state index contributed by atoms with van der Waals surface area (Å²) in [6, 6.07) is 9.44. The van der Waals surface area contributed by atoms with E-state index in [2.05, 4.69) is 15.5 Å². The van der Waals surface area contributed by atoms with Gasteiger partial charge in [0.1, 0.15) is 11.8 Å². The van der Waals surface area contributed by atoms with Crippen LogP contribution in [0.25, 0.3) is 10.4 Å². The number of thiazole rings is 1. The molecule has 8 heteroatoms. The summed E-state index contributed by atoms with van der Waals surface area (Å²) in [5.74, 6) is -0.0165. The molecule has 3 heterocycles. The van der Waals surface area contributed by atoms with E-state index in [-0.39, 0.29) is 11.8 Å². The number of amides is 2. The summed E-state index contributed by atoms with van der Waals surface area (Å²) >= 11 is 1.59. The second-order valence-corrected chi connectivity index (χ2v) is 8.69. The van der Waals surface area contributed by atoms with Gasteiger partial charge >= 0.3 is 0 Å². The van der Waals surface area contributed by atoms with Crippen molar-refractivity contribution < 1.29 is 14.1 Å². The SMILES string of the molecule is CC[C@@H](C(=O)N1CCC[C@H]1C(=O)NCc1ccc(-c2cncs2)cc1)c1cc(C)no1. The highest BCUT2D eigenvalue weighted by Crippen LogP contribution is 2.28. The smallest absolute Gasteiger partial charge is 0.243 e.